The molecule has 3 aromatic rings. The number of nitrogens with zero attached hydrogens (tertiary/aromatic N) is 4. The van der Waals surface area contributed by atoms with Crippen molar-refractivity contribution in [1.82, 2.24) is 9.80 Å². The van der Waals surface area contributed by atoms with E-state index in [1.54, 1.807) is 0 Å². The van der Waals surface area contributed by atoms with Gasteiger partial charge in [-0.2, -0.15) is 0 Å². The minimum atomic E-state index is 0.513. The van der Waals surface area contributed by atoms with Crippen molar-refractivity contribution in [3.63, 3.8) is 0 Å². The zero-order valence-corrected chi connectivity index (χ0v) is 20.7. The van der Waals surface area contributed by atoms with Crippen LogP contribution >= 0.6 is 0 Å². The van der Waals surface area contributed by atoms with Crippen LogP contribution < -0.4 is 9.47 Å². The lowest BCUT2D eigenvalue weighted by molar-refractivity contribution is 0.299. The van der Waals surface area contributed by atoms with Crippen LogP contribution in [0.1, 0.15) is 27.8 Å². The molecule has 0 amide bonds. The third-order valence-corrected chi connectivity index (χ3v) is 6.35. The van der Waals surface area contributed by atoms with Gasteiger partial charge in [-0.05, 0) is 72.6 Å². The highest BCUT2D eigenvalue weighted by Gasteiger charge is 2.15. The maximum absolute atomic E-state index is 6.07. The largest absolute Gasteiger partial charge is 0.489 e. The monoisotopic (exact) mass is 468 g/mol. The van der Waals surface area contributed by atoms with Gasteiger partial charge in [-0.15, -0.1) is 0 Å². The summed E-state index contributed by atoms with van der Waals surface area (Å²) in [6.07, 6.45) is 0. The summed E-state index contributed by atoms with van der Waals surface area (Å²) in [5.41, 5.74) is 5.71. The molecule has 0 N–H and O–H groups in total. The summed E-state index contributed by atoms with van der Waals surface area (Å²) < 4.78 is 12.1. The van der Waals surface area contributed by atoms with Crippen LogP contribution in [0.5, 0.6) is 11.5 Å². The molecule has 6 nitrogen and oxygen atoms in total. The van der Waals surface area contributed by atoms with Crippen molar-refractivity contribution < 1.29 is 9.47 Å². The van der Waals surface area contributed by atoms with Gasteiger partial charge in [-0.3, -0.25) is 9.98 Å². The number of rotatable bonds is 8. The zero-order valence-electron chi connectivity index (χ0n) is 20.7. The quantitative estimate of drug-likeness (QED) is 0.487. The van der Waals surface area contributed by atoms with E-state index in [1.807, 2.05) is 24.3 Å². The molecule has 0 bridgehead atoms. The van der Waals surface area contributed by atoms with Crippen molar-refractivity contribution in [3.05, 3.63) is 94.5 Å². The molecule has 0 spiro atoms. The molecule has 35 heavy (non-hydrogen) atoms. The molecule has 0 radical (unpaired) electrons. The second-order valence-electron chi connectivity index (χ2n) is 9.21. The van der Waals surface area contributed by atoms with Crippen LogP contribution in [0.4, 0.5) is 0 Å². The SMILES string of the molecule is Cc1cc(COc2ccc(C3=NCCN3C)cc2)cc(COc2ccc(C3=NCCN3C)cc2)c1. The summed E-state index contributed by atoms with van der Waals surface area (Å²) in [4.78, 5) is 13.5. The summed E-state index contributed by atoms with van der Waals surface area (Å²) in [6.45, 7) is 6.81. The predicted octanol–water partition coefficient (Wildman–Crippen LogP) is 4.54. The molecule has 180 valence electrons. The van der Waals surface area contributed by atoms with Crippen LogP contribution in [0, 0.1) is 6.92 Å². The van der Waals surface area contributed by atoms with Crippen molar-refractivity contribution in [2.75, 3.05) is 40.3 Å². The van der Waals surface area contributed by atoms with Gasteiger partial charge in [0.25, 0.3) is 0 Å². The van der Waals surface area contributed by atoms with Gasteiger partial charge < -0.3 is 19.3 Å². The summed E-state index contributed by atoms with van der Waals surface area (Å²) in [5.74, 6) is 3.81. The van der Waals surface area contributed by atoms with Crippen LogP contribution in [-0.2, 0) is 13.2 Å². The molecule has 0 saturated heterocycles. The molecule has 0 fully saturated rings. The Morgan fingerprint density at radius 3 is 1.46 bits per heavy atom. The van der Waals surface area contributed by atoms with Gasteiger partial charge in [-0.1, -0.05) is 17.7 Å². The molecule has 2 aliphatic rings. The van der Waals surface area contributed by atoms with Crippen molar-refractivity contribution in [3.8, 4) is 11.5 Å². The summed E-state index contributed by atoms with van der Waals surface area (Å²) in [5, 5.41) is 0. The fourth-order valence-electron chi connectivity index (χ4n) is 4.54. The van der Waals surface area contributed by atoms with Crippen molar-refractivity contribution in [1.29, 1.82) is 0 Å². The maximum atomic E-state index is 6.07. The van der Waals surface area contributed by atoms with Crippen molar-refractivity contribution >= 4 is 11.7 Å². The summed E-state index contributed by atoms with van der Waals surface area (Å²) >= 11 is 0. The van der Waals surface area contributed by atoms with Gasteiger partial charge in [0.05, 0.1) is 13.1 Å². The second-order valence-corrected chi connectivity index (χ2v) is 9.21. The highest BCUT2D eigenvalue weighted by atomic mass is 16.5. The lowest BCUT2D eigenvalue weighted by Crippen LogP contribution is -2.23. The average molecular weight is 469 g/mol. The minimum absolute atomic E-state index is 0.513. The van der Waals surface area contributed by atoms with E-state index in [0.717, 1.165) is 71.6 Å². The standard InChI is InChI=1S/C29H32N4O2/c1-21-16-22(19-34-26-8-4-24(5-9-26)28-30-12-14-32(28)2)18-23(17-21)20-35-27-10-6-25(7-11-27)29-31-13-15-33(29)3/h4-11,16-18H,12-15,19-20H2,1-3H3. The van der Waals surface area contributed by atoms with Crippen LogP contribution in [0.2, 0.25) is 0 Å². The first-order valence-corrected chi connectivity index (χ1v) is 12.1. The maximum Gasteiger partial charge on any atom is 0.130 e. The lowest BCUT2D eigenvalue weighted by atomic mass is 10.1. The molecule has 2 aliphatic heterocycles. The number of hydrogen-bond donors (Lipinski definition) is 0. The van der Waals surface area contributed by atoms with Gasteiger partial charge in [0.15, 0.2) is 0 Å². The summed E-state index contributed by atoms with van der Waals surface area (Å²) in [6, 6.07) is 22.8. The topological polar surface area (TPSA) is 49.7 Å². The number of amidine groups is 2. The van der Waals surface area contributed by atoms with Crippen LogP contribution in [0.3, 0.4) is 0 Å². The second kappa shape index (κ2) is 10.2. The summed E-state index contributed by atoms with van der Waals surface area (Å²) in [7, 11) is 4.16. The first kappa shape index (κ1) is 23.0. The molecule has 0 unspecified atom stereocenters. The fourth-order valence-corrected chi connectivity index (χ4v) is 4.54. The van der Waals surface area contributed by atoms with E-state index in [4.69, 9.17) is 9.47 Å². The number of hydrogen-bond acceptors (Lipinski definition) is 6. The van der Waals surface area contributed by atoms with Crippen LogP contribution in [0.15, 0.2) is 76.7 Å². The zero-order chi connectivity index (χ0) is 24.2. The highest BCUT2D eigenvalue weighted by molar-refractivity contribution is 6.00. The Morgan fingerprint density at radius 2 is 1.09 bits per heavy atom. The minimum Gasteiger partial charge on any atom is -0.489 e. The van der Waals surface area contributed by atoms with Crippen LogP contribution in [-0.4, -0.2) is 61.7 Å². The Labute approximate surface area is 207 Å². The Morgan fingerprint density at radius 1 is 0.657 bits per heavy atom. The Bertz CT molecular complexity index is 1140. The van der Waals surface area contributed by atoms with E-state index in [2.05, 4.69) is 83.3 Å². The van der Waals surface area contributed by atoms with E-state index < -0.39 is 0 Å². The molecule has 0 atom stereocenters. The van der Waals surface area contributed by atoms with Crippen LogP contribution in [0.25, 0.3) is 0 Å². The van der Waals surface area contributed by atoms with Crippen molar-refractivity contribution in [2.24, 2.45) is 9.98 Å². The molecule has 5 rings (SSSR count). The number of benzene rings is 3. The number of aryl methyl sites for hydroxylation is 1. The molecular weight excluding hydrogens is 436 g/mol. The van der Waals surface area contributed by atoms with Gasteiger partial charge in [0, 0.05) is 38.3 Å². The van der Waals surface area contributed by atoms with E-state index in [9.17, 15) is 0 Å². The van der Waals surface area contributed by atoms with E-state index >= 15 is 0 Å². The Kier molecular flexibility index (Phi) is 6.70. The smallest absolute Gasteiger partial charge is 0.130 e. The van der Waals surface area contributed by atoms with Crippen molar-refractivity contribution in [2.45, 2.75) is 20.1 Å². The average Bonchev–Trinajstić information content (AvgIpc) is 3.50. The molecule has 2 heterocycles. The first-order chi connectivity index (χ1) is 17.0. The Balaban J connectivity index is 1.17. The molecule has 0 aromatic heterocycles. The fraction of sp³-hybridized carbons (Fsp3) is 0.310. The first-order valence-electron chi connectivity index (χ1n) is 12.1. The normalized spacial score (nSPS) is 15.3. The molecule has 3 aromatic carbocycles. The third-order valence-electron chi connectivity index (χ3n) is 6.35. The molecule has 0 aliphatic carbocycles. The Hall–Kier alpha value is -3.80. The molecule has 6 heteroatoms. The van der Waals surface area contributed by atoms with Gasteiger partial charge in [0.1, 0.15) is 36.4 Å². The predicted molar refractivity (Wildman–Crippen MR) is 141 cm³/mol. The number of ether oxygens (including phenoxy) is 2. The highest BCUT2D eigenvalue weighted by Crippen LogP contribution is 2.20. The van der Waals surface area contributed by atoms with Gasteiger partial charge in [-0.25, -0.2) is 0 Å². The van der Waals surface area contributed by atoms with E-state index in [-0.39, 0.29) is 0 Å². The van der Waals surface area contributed by atoms with Gasteiger partial charge >= 0.3 is 0 Å². The van der Waals surface area contributed by atoms with Gasteiger partial charge in [0.2, 0.25) is 0 Å². The van der Waals surface area contributed by atoms with E-state index in [1.165, 1.54) is 5.56 Å². The molecular formula is C29H32N4O2. The van der Waals surface area contributed by atoms with E-state index in [0.29, 0.717) is 13.2 Å². The number of likely N-dealkylation sites (N-methyl/N-ethyl adjacent to an activating group) is 2. The molecule has 0 saturated carbocycles. The number of aliphatic imine (C=N–C) groups is 2. The lowest BCUT2D eigenvalue weighted by Gasteiger charge is -2.15. The third kappa shape index (κ3) is 5.48.